The summed E-state index contributed by atoms with van der Waals surface area (Å²) >= 11 is 0. The second-order valence-corrected chi connectivity index (χ2v) is 2.99. The molecule has 0 spiro atoms. The molecule has 0 rings (SSSR count). The van der Waals surface area contributed by atoms with Gasteiger partial charge in [-0.25, -0.2) is 8.42 Å². The van der Waals surface area contributed by atoms with E-state index in [1.54, 1.807) is 4.90 Å². The van der Waals surface area contributed by atoms with E-state index in [2.05, 4.69) is 20.8 Å². The molecule has 0 saturated carbocycles. The molecule has 6 heteroatoms. The predicted molar refractivity (Wildman–Crippen MR) is 43.4 cm³/mol. The molecule has 76 valence electrons. The number of quaternary nitrogens is 1. The Hall–Kier alpha value is -0.200. The zero-order valence-corrected chi connectivity index (χ0v) is 8.45. The van der Waals surface area contributed by atoms with Crippen molar-refractivity contribution in [2.75, 3.05) is 19.6 Å². The summed E-state index contributed by atoms with van der Waals surface area (Å²) in [5, 5.41) is 0. The van der Waals surface area contributed by atoms with Gasteiger partial charge >= 0.3 is 0 Å². The van der Waals surface area contributed by atoms with E-state index in [1.165, 1.54) is 19.6 Å². The molecular formula is C6H16FNO3S. The molecule has 0 radical (unpaired) electrons. The molecule has 0 saturated heterocycles. The first-order valence-electron chi connectivity index (χ1n) is 3.84. The zero-order valence-electron chi connectivity index (χ0n) is 7.63. The Labute approximate surface area is 73.4 Å². The first kappa shape index (κ1) is 14.3. The molecule has 0 amide bonds. The monoisotopic (exact) mass is 201 g/mol. The summed E-state index contributed by atoms with van der Waals surface area (Å²) in [4.78, 5) is 1.68. The van der Waals surface area contributed by atoms with Crippen LogP contribution in [0.4, 0.5) is 3.89 Å². The van der Waals surface area contributed by atoms with E-state index in [0.717, 1.165) is 0 Å². The van der Waals surface area contributed by atoms with Crippen molar-refractivity contribution in [3.05, 3.63) is 0 Å². The first-order valence-corrected chi connectivity index (χ1v) is 5.14. The van der Waals surface area contributed by atoms with Crippen molar-refractivity contribution in [2.24, 2.45) is 0 Å². The normalized spacial score (nSPS) is 10.8. The maximum atomic E-state index is 10.1. The summed E-state index contributed by atoms with van der Waals surface area (Å²) in [7, 11) is -5.42. The molecular weight excluding hydrogens is 185 g/mol. The molecule has 0 bridgehead atoms. The summed E-state index contributed by atoms with van der Waals surface area (Å²) < 4.78 is 35.3. The number of rotatable bonds is 3. The second-order valence-electron chi connectivity index (χ2n) is 2.20. The van der Waals surface area contributed by atoms with E-state index in [9.17, 15) is 3.89 Å². The van der Waals surface area contributed by atoms with E-state index >= 15 is 0 Å². The lowest BCUT2D eigenvalue weighted by Gasteiger charge is -2.10. The van der Waals surface area contributed by atoms with Crippen LogP contribution in [0.1, 0.15) is 20.8 Å². The van der Waals surface area contributed by atoms with Gasteiger partial charge in [0.2, 0.25) is 0 Å². The van der Waals surface area contributed by atoms with Gasteiger partial charge in [0.1, 0.15) is 0 Å². The van der Waals surface area contributed by atoms with Gasteiger partial charge in [0, 0.05) is 0 Å². The largest absolute Gasteiger partial charge is 0.722 e. The van der Waals surface area contributed by atoms with Gasteiger partial charge in [-0.3, -0.25) is 0 Å². The van der Waals surface area contributed by atoms with Crippen LogP contribution in [0.15, 0.2) is 0 Å². The SMILES string of the molecule is CC[NH+](CC)CC.O=S(=O)([O-])F. The summed E-state index contributed by atoms with van der Waals surface area (Å²) in [5.74, 6) is 0. The Morgan fingerprint density at radius 2 is 1.33 bits per heavy atom. The van der Waals surface area contributed by atoms with E-state index in [-0.39, 0.29) is 0 Å². The van der Waals surface area contributed by atoms with Gasteiger partial charge in [0.05, 0.1) is 19.6 Å². The Bertz CT molecular complexity index is 164. The lowest BCUT2D eigenvalue weighted by Crippen LogP contribution is -3.11. The van der Waals surface area contributed by atoms with Gasteiger partial charge < -0.3 is 9.45 Å². The van der Waals surface area contributed by atoms with Crippen LogP contribution in [0, 0.1) is 0 Å². The molecule has 0 atom stereocenters. The number of hydrogen-bond acceptors (Lipinski definition) is 3. The highest BCUT2D eigenvalue weighted by Gasteiger charge is 1.92. The van der Waals surface area contributed by atoms with Crippen molar-refractivity contribution in [3.8, 4) is 0 Å². The topological polar surface area (TPSA) is 61.6 Å². The Morgan fingerprint density at radius 3 is 1.33 bits per heavy atom. The van der Waals surface area contributed by atoms with Crippen LogP contribution in [0.3, 0.4) is 0 Å². The molecule has 0 aromatic heterocycles. The average Bonchev–Trinajstić information content (AvgIpc) is 1.88. The van der Waals surface area contributed by atoms with Crippen LogP contribution in [0.5, 0.6) is 0 Å². The predicted octanol–water partition coefficient (Wildman–Crippen LogP) is -0.653. The van der Waals surface area contributed by atoms with Crippen molar-refractivity contribution in [3.63, 3.8) is 0 Å². The van der Waals surface area contributed by atoms with Gasteiger partial charge in [-0.15, -0.1) is 3.89 Å². The third kappa shape index (κ3) is 22.6. The molecule has 0 fully saturated rings. The number of hydrogen-bond donors (Lipinski definition) is 1. The highest BCUT2D eigenvalue weighted by Crippen LogP contribution is 1.73. The molecule has 1 N–H and O–H groups in total. The summed E-state index contributed by atoms with van der Waals surface area (Å²) in [6, 6.07) is 0. The van der Waals surface area contributed by atoms with Gasteiger partial charge in [-0.2, -0.15) is 0 Å². The maximum Gasteiger partial charge on any atom is 0.255 e. The minimum Gasteiger partial charge on any atom is -0.722 e. The van der Waals surface area contributed by atoms with Crippen molar-refractivity contribution in [2.45, 2.75) is 20.8 Å². The lowest BCUT2D eigenvalue weighted by molar-refractivity contribution is -0.894. The zero-order chi connectivity index (χ0) is 10.2. The molecule has 4 nitrogen and oxygen atoms in total. The highest BCUT2D eigenvalue weighted by atomic mass is 32.3. The second kappa shape index (κ2) is 7.45. The van der Waals surface area contributed by atoms with E-state index in [0.29, 0.717) is 0 Å². The Balaban J connectivity index is 0. The van der Waals surface area contributed by atoms with Gasteiger partial charge in [0.15, 0.2) is 0 Å². The molecule has 12 heavy (non-hydrogen) atoms. The smallest absolute Gasteiger partial charge is 0.255 e. The average molecular weight is 201 g/mol. The fourth-order valence-electron chi connectivity index (χ4n) is 0.750. The minimum atomic E-state index is -5.42. The number of halogens is 1. The molecule has 0 heterocycles. The lowest BCUT2D eigenvalue weighted by atomic mass is 10.5. The molecule has 0 aliphatic rings. The molecule has 0 unspecified atom stereocenters. The quantitative estimate of drug-likeness (QED) is 0.487. The first-order chi connectivity index (χ1) is 5.35. The number of nitrogens with one attached hydrogen (secondary N) is 1. The summed E-state index contributed by atoms with van der Waals surface area (Å²) in [6.45, 7) is 10.5. The van der Waals surface area contributed by atoms with Gasteiger partial charge in [0.25, 0.3) is 10.5 Å². The van der Waals surface area contributed by atoms with Gasteiger partial charge in [-0.05, 0) is 20.8 Å². The Morgan fingerprint density at radius 1 is 1.17 bits per heavy atom. The Kier molecular flexibility index (Phi) is 8.90. The van der Waals surface area contributed by atoms with Crippen LogP contribution in [-0.4, -0.2) is 32.6 Å². The standard InChI is InChI=1S/C6H15N.FHO3S/c1-4-7(5-2)6-3;1-5(2,3)4/h4-6H2,1-3H3;(H,2,3,4). The van der Waals surface area contributed by atoms with Crippen molar-refractivity contribution >= 4 is 10.5 Å². The summed E-state index contributed by atoms with van der Waals surface area (Å²) in [6.07, 6.45) is 0. The highest BCUT2D eigenvalue weighted by molar-refractivity contribution is 7.80. The van der Waals surface area contributed by atoms with E-state index in [1.807, 2.05) is 0 Å². The van der Waals surface area contributed by atoms with Crippen molar-refractivity contribution < 1.29 is 21.8 Å². The fraction of sp³-hybridized carbons (Fsp3) is 1.00. The fourth-order valence-corrected chi connectivity index (χ4v) is 0.750. The van der Waals surface area contributed by atoms with Crippen LogP contribution < -0.4 is 4.90 Å². The van der Waals surface area contributed by atoms with Crippen LogP contribution in [0.25, 0.3) is 0 Å². The molecule has 0 aromatic rings. The van der Waals surface area contributed by atoms with E-state index < -0.39 is 10.5 Å². The van der Waals surface area contributed by atoms with E-state index in [4.69, 9.17) is 13.0 Å². The minimum absolute atomic E-state index is 1.27. The van der Waals surface area contributed by atoms with Crippen LogP contribution in [-0.2, 0) is 10.5 Å². The molecule has 0 aromatic carbocycles. The van der Waals surface area contributed by atoms with Crippen LogP contribution in [0.2, 0.25) is 0 Å². The molecule has 0 aliphatic heterocycles. The third-order valence-corrected chi connectivity index (χ3v) is 1.50. The van der Waals surface area contributed by atoms with Crippen molar-refractivity contribution in [1.82, 2.24) is 0 Å². The van der Waals surface area contributed by atoms with Gasteiger partial charge in [-0.1, -0.05) is 0 Å². The van der Waals surface area contributed by atoms with Crippen molar-refractivity contribution in [1.29, 1.82) is 0 Å². The maximum absolute atomic E-state index is 10.1. The molecule has 0 aliphatic carbocycles. The third-order valence-electron chi connectivity index (χ3n) is 1.50. The summed E-state index contributed by atoms with van der Waals surface area (Å²) in [5.41, 5.74) is 0. The van der Waals surface area contributed by atoms with Crippen LogP contribution >= 0.6 is 0 Å².